The Bertz CT molecular complexity index is 284. The van der Waals surface area contributed by atoms with Gasteiger partial charge in [0.1, 0.15) is 6.10 Å². The third-order valence-corrected chi connectivity index (χ3v) is 2.95. The van der Waals surface area contributed by atoms with E-state index in [1.807, 2.05) is 26.0 Å². The highest BCUT2D eigenvalue weighted by atomic mass is 16.5. The number of allylic oxidation sites excluding steroid dienone is 1. The standard InChI is InChI=1S/C16H28O3/c1-6-8-9-10-19-12-13(3)11-14(4)16(17)15(7-2)18-5/h6-7,11,14-17H,1-2,8-10,12H2,3-5H3/b13-11-/t14-,15?,16+/m1/s1. The average molecular weight is 268 g/mol. The summed E-state index contributed by atoms with van der Waals surface area (Å²) in [5.74, 6) is -0.000254. The zero-order valence-electron chi connectivity index (χ0n) is 12.5. The molecule has 3 heteroatoms. The van der Waals surface area contributed by atoms with E-state index in [4.69, 9.17) is 9.47 Å². The minimum absolute atomic E-state index is 0.000254. The van der Waals surface area contributed by atoms with E-state index in [1.165, 1.54) is 0 Å². The molecule has 0 saturated heterocycles. The first kappa shape index (κ1) is 18.1. The van der Waals surface area contributed by atoms with Crippen molar-refractivity contribution < 1.29 is 14.6 Å². The second-order valence-corrected chi connectivity index (χ2v) is 4.78. The smallest absolute Gasteiger partial charge is 0.101 e. The van der Waals surface area contributed by atoms with Crippen LogP contribution in [0.25, 0.3) is 0 Å². The molecule has 0 aromatic heterocycles. The molecule has 0 aromatic rings. The van der Waals surface area contributed by atoms with Gasteiger partial charge in [-0.1, -0.05) is 30.7 Å². The molecule has 0 bridgehead atoms. The van der Waals surface area contributed by atoms with E-state index >= 15 is 0 Å². The van der Waals surface area contributed by atoms with Crippen LogP contribution >= 0.6 is 0 Å². The van der Waals surface area contributed by atoms with Gasteiger partial charge in [0, 0.05) is 19.6 Å². The molecule has 0 rings (SSSR count). The fourth-order valence-corrected chi connectivity index (χ4v) is 1.83. The maximum absolute atomic E-state index is 10.1. The van der Waals surface area contributed by atoms with Crippen molar-refractivity contribution in [3.05, 3.63) is 37.0 Å². The Balaban J connectivity index is 4.11. The van der Waals surface area contributed by atoms with Crippen molar-refractivity contribution in [1.29, 1.82) is 0 Å². The minimum Gasteiger partial charge on any atom is -0.389 e. The number of methoxy groups -OCH3 is 1. The molecule has 0 aromatic carbocycles. The predicted octanol–water partition coefficient (Wildman–Crippen LogP) is 3.11. The summed E-state index contributed by atoms with van der Waals surface area (Å²) in [4.78, 5) is 0. The molecule has 0 fully saturated rings. The Kier molecular flexibility index (Phi) is 10.5. The lowest BCUT2D eigenvalue weighted by Crippen LogP contribution is -2.31. The molecule has 0 saturated carbocycles. The number of aliphatic hydroxyl groups is 1. The summed E-state index contributed by atoms with van der Waals surface area (Å²) < 4.78 is 10.7. The van der Waals surface area contributed by atoms with Gasteiger partial charge in [-0.05, 0) is 19.8 Å². The van der Waals surface area contributed by atoms with E-state index in [9.17, 15) is 5.11 Å². The van der Waals surface area contributed by atoms with Gasteiger partial charge in [-0.2, -0.15) is 0 Å². The first-order valence-corrected chi connectivity index (χ1v) is 6.76. The van der Waals surface area contributed by atoms with Crippen LogP contribution in [0.3, 0.4) is 0 Å². The number of unbranched alkanes of at least 4 members (excludes halogenated alkanes) is 1. The van der Waals surface area contributed by atoms with Crippen LogP contribution in [0.5, 0.6) is 0 Å². The van der Waals surface area contributed by atoms with E-state index in [0.717, 1.165) is 25.0 Å². The zero-order valence-corrected chi connectivity index (χ0v) is 12.5. The first-order chi connectivity index (χ1) is 9.06. The molecule has 3 atom stereocenters. The lowest BCUT2D eigenvalue weighted by Gasteiger charge is -2.22. The van der Waals surface area contributed by atoms with E-state index in [0.29, 0.717) is 6.61 Å². The van der Waals surface area contributed by atoms with Crippen LogP contribution in [0.2, 0.25) is 0 Å². The van der Waals surface area contributed by atoms with E-state index in [-0.39, 0.29) is 12.0 Å². The fourth-order valence-electron chi connectivity index (χ4n) is 1.83. The van der Waals surface area contributed by atoms with Crippen LogP contribution in [0.15, 0.2) is 37.0 Å². The fraction of sp³-hybridized carbons (Fsp3) is 0.625. The van der Waals surface area contributed by atoms with Crippen LogP contribution in [0.1, 0.15) is 26.7 Å². The number of hydrogen-bond donors (Lipinski definition) is 1. The van der Waals surface area contributed by atoms with Crippen LogP contribution in [0.4, 0.5) is 0 Å². The molecule has 0 aliphatic carbocycles. The lowest BCUT2D eigenvalue weighted by molar-refractivity contribution is -0.00169. The highest BCUT2D eigenvalue weighted by Gasteiger charge is 2.20. The summed E-state index contributed by atoms with van der Waals surface area (Å²) >= 11 is 0. The van der Waals surface area contributed by atoms with Crippen LogP contribution < -0.4 is 0 Å². The molecule has 0 aliphatic heterocycles. The van der Waals surface area contributed by atoms with Crippen molar-refractivity contribution in [2.45, 2.75) is 38.9 Å². The molecule has 1 N–H and O–H groups in total. The molecule has 110 valence electrons. The Morgan fingerprint density at radius 1 is 1.37 bits per heavy atom. The monoisotopic (exact) mass is 268 g/mol. The predicted molar refractivity (Wildman–Crippen MR) is 80.2 cm³/mol. The molecule has 0 heterocycles. The Labute approximate surface area is 117 Å². The summed E-state index contributed by atoms with van der Waals surface area (Å²) in [5, 5.41) is 10.1. The third-order valence-electron chi connectivity index (χ3n) is 2.95. The normalized spacial score (nSPS) is 16.7. The zero-order chi connectivity index (χ0) is 14.7. The van der Waals surface area contributed by atoms with E-state index in [1.54, 1.807) is 13.2 Å². The number of hydrogen-bond acceptors (Lipinski definition) is 3. The number of ether oxygens (including phenoxy) is 2. The Morgan fingerprint density at radius 2 is 2.05 bits per heavy atom. The summed E-state index contributed by atoms with van der Waals surface area (Å²) in [6.07, 6.45) is 6.59. The lowest BCUT2D eigenvalue weighted by atomic mass is 9.97. The van der Waals surface area contributed by atoms with Gasteiger partial charge in [0.25, 0.3) is 0 Å². The van der Waals surface area contributed by atoms with Crippen molar-refractivity contribution in [2.24, 2.45) is 5.92 Å². The quantitative estimate of drug-likeness (QED) is 0.462. The van der Waals surface area contributed by atoms with Crippen LogP contribution in [-0.4, -0.2) is 37.6 Å². The molecule has 1 unspecified atom stereocenters. The van der Waals surface area contributed by atoms with Gasteiger partial charge in [-0.25, -0.2) is 0 Å². The summed E-state index contributed by atoms with van der Waals surface area (Å²) in [7, 11) is 1.57. The topological polar surface area (TPSA) is 38.7 Å². The van der Waals surface area contributed by atoms with Gasteiger partial charge in [0.15, 0.2) is 0 Å². The van der Waals surface area contributed by atoms with Crippen molar-refractivity contribution in [1.82, 2.24) is 0 Å². The second-order valence-electron chi connectivity index (χ2n) is 4.78. The second kappa shape index (κ2) is 11.0. The van der Waals surface area contributed by atoms with E-state index in [2.05, 4.69) is 13.2 Å². The molecular formula is C16H28O3. The van der Waals surface area contributed by atoms with Gasteiger partial charge in [0.05, 0.1) is 12.7 Å². The molecule has 19 heavy (non-hydrogen) atoms. The van der Waals surface area contributed by atoms with Crippen molar-refractivity contribution in [2.75, 3.05) is 20.3 Å². The number of rotatable bonds is 11. The molecular weight excluding hydrogens is 240 g/mol. The van der Waals surface area contributed by atoms with E-state index < -0.39 is 6.10 Å². The SMILES string of the molecule is C=CCCCOC/C(C)=C\[C@@H](C)[C@H](O)C(C=C)OC. The van der Waals surface area contributed by atoms with Crippen molar-refractivity contribution in [3.8, 4) is 0 Å². The number of aliphatic hydroxyl groups excluding tert-OH is 1. The van der Waals surface area contributed by atoms with Gasteiger partial charge in [-0.3, -0.25) is 0 Å². The third kappa shape index (κ3) is 7.98. The van der Waals surface area contributed by atoms with Gasteiger partial charge < -0.3 is 14.6 Å². The van der Waals surface area contributed by atoms with Crippen LogP contribution in [-0.2, 0) is 9.47 Å². The first-order valence-electron chi connectivity index (χ1n) is 6.76. The maximum Gasteiger partial charge on any atom is 0.101 e. The van der Waals surface area contributed by atoms with Gasteiger partial charge >= 0.3 is 0 Å². The van der Waals surface area contributed by atoms with Crippen molar-refractivity contribution in [3.63, 3.8) is 0 Å². The highest BCUT2D eigenvalue weighted by molar-refractivity contribution is 5.04. The van der Waals surface area contributed by atoms with Gasteiger partial charge in [-0.15, -0.1) is 13.2 Å². The molecule has 0 amide bonds. The molecule has 0 spiro atoms. The van der Waals surface area contributed by atoms with Crippen LogP contribution in [0, 0.1) is 5.92 Å². The average Bonchev–Trinajstić information content (AvgIpc) is 2.39. The summed E-state index contributed by atoms with van der Waals surface area (Å²) in [6, 6.07) is 0. The Morgan fingerprint density at radius 3 is 2.58 bits per heavy atom. The molecule has 0 radical (unpaired) electrons. The summed E-state index contributed by atoms with van der Waals surface area (Å²) in [6.45, 7) is 12.6. The maximum atomic E-state index is 10.1. The van der Waals surface area contributed by atoms with Gasteiger partial charge in [0.2, 0.25) is 0 Å². The largest absolute Gasteiger partial charge is 0.389 e. The summed E-state index contributed by atoms with van der Waals surface area (Å²) in [5.41, 5.74) is 1.11. The Hall–Kier alpha value is -0.900. The minimum atomic E-state index is -0.585. The molecule has 3 nitrogen and oxygen atoms in total. The highest BCUT2D eigenvalue weighted by Crippen LogP contribution is 2.14. The van der Waals surface area contributed by atoms with Crippen molar-refractivity contribution >= 4 is 0 Å². The molecule has 0 aliphatic rings.